The fraction of sp³-hybridized carbons (Fsp3) is 0.471. The van der Waals surface area contributed by atoms with E-state index in [-0.39, 0.29) is 5.91 Å². The molecule has 3 aromatic heterocycles. The van der Waals surface area contributed by atoms with Gasteiger partial charge in [0, 0.05) is 44.4 Å². The third kappa shape index (κ3) is 2.32. The largest absolute Gasteiger partial charge is 0.338 e. The third-order valence-corrected chi connectivity index (χ3v) is 5.30. The zero-order valence-electron chi connectivity index (χ0n) is 13.9. The van der Waals surface area contributed by atoms with Crippen LogP contribution in [0.25, 0.3) is 5.65 Å². The van der Waals surface area contributed by atoms with Gasteiger partial charge >= 0.3 is 0 Å². The van der Waals surface area contributed by atoms with Crippen molar-refractivity contribution in [3.8, 4) is 0 Å². The summed E-state index contributed by atoms with van der Waals surface area (Å²) in [6.45, 7) is 2.50. The molecule has 0 atom stereocenters. The lowest BCUT2D eigenvalue weighted by atomic mass is 9.95. The number of amides is 1. The molecule has 8 heteroatoms. The van der Waals surface area contributed by atoms with Gasteiger partial charge in [-0.05, 0) is 25.3 Å². The summed E-state index contributed by atoms with van der Waals surface area (Å²) in [7, 11) is 0. The first-order valence-electron chi connectivity index (χ1n) is 8.81. The van der Waals surface area contributed by atoms with E-state index in [1.807, 2.05) is 4.90 Å². The number of hydrogen-bond donors (Lipinski definition) is 0. The number of carbonyl (C=O) groups excluding carboxylic acids is 1. The van der Waals surface area contributed by atoms with Gasteiger partial charge in [-0.3, -0.25) is 4.79 Å². The summed E-state index contributed by atoms with van der Waals surface area (Å²) in [6.07, 6.45) is 9.15. The molecular formula is C17H19N7O. The van der Waals surface area contributed by atoms with Crippen LogP contribution in [0.15, 0.2) is 24.7 Å². The highest BCUT2D eigenvalue weighted by Gasteiger charge is 2.30. The van der Waals surface area contributed by atoms with Crippen molar-refractivity contribution in [1.29, 1.82) is 0 Å². The molecule has 0 unspecified atom stereocenters. The molecule has 0 saturated carbocycles. The zero-order chi connectivity index (χ0) is 16.8. The van der Waals surface area contributed by atoms with Gasteiger partial charge in [0.25, 0.3) is 5.91 Å². The molecule has 0 bridgehead atoms. The Morgan fingerprint density at radius 3 is 2.92 bits per heavy atom. The number of carbonyl (C=O) groups is 1. The fourth-order valence-electron chi connectivity index (χ4n) is 3.96. The molecule has 0 N–H and O–H groups in total. The van der Waals surface area contributed by atoms with E-state index in [0.717, 1.165) is 57.0 Å². The number of likely N-dealkylation sites (tertiary alicyclic amines) is 1. The summed E-state index contributed by atoms with van der Waals surface area (Å²) in [4.78, 5) is 19.0. The lowest BCUT2D eigenvalue weighted by molar-refractivity contribution is 0.0712. The monoisotopic (exact) mass is 337 g/mol. The van der Waals surface area contributed by atoms with Gasteiger partial charge in [-0.15, -0.1) is 10.2 Å². The summed E-state index contributed by atoms with van der Waals surface area (Å²) < 4.78 is 3.91. The standard InChI is InChI=1S/C17H19N7O/c25-17(13-11-19-24-8-2-6-18-16(13)24)22-9-4-12(5-10-22)15-21-20-14-3-1-7-23(14)15/h2,6,8,11-12H,1,3-5,7,9-10H2. The average Bonchev–Trinajstić information content (AvgIpc) is 3.36. The minimum atomic E-state index is 0.0126. The van der Waals surface area contributed by atoms with Crippen LogP contribution in [0.4, 0.5) is 0 Å². The van der Waals surface area contributed by atoms with Crippen molar-refractivity contribution < 1.29 is 4.79 Å². The molecule has 0 spiro atoms. The SMILES string of the molecule is O=C(c1cnn2cccnc12)N1CCC(c2nnc3n2CCC3)CC1. The number of rotatable bonds is 2. The predicted octanol–water partition coefficient (Wildman–Crippen LogP) is 1.29. The quantitative estimate of drug-likeness (QED) is 0.704. The molecule has 8 nitrogen and oxygen atoms in total. The van der Waals surface area contributed by atoms with Crippen LogP contribution in [-0.4, -0.2) is 53.3 Å². The first-order valence-corrected chi connectivity index (χ1v) is 8.81. The maximum atomic E-state index is 12.9. The first kappa shape index (κ1) is 14.6. The van der Waals surface area contributed by atoms with Crippen LogP contribution in [0.5, 0.6) is 0 Å². The van der Waals surface area contributed by atoms with Gasteiger partial charge in [0.05, 0.1) is 6.20 Å². The Morgan fingerprint density at radius 2 is 2.04 bits per heavy atom. The molecule has 5 rings (SSSR count). The van der Waals surface area contributed by atoms with Crippen molar-refractivity contribution in [2.45, 2.75) is 38.1 Å². The number of nitrogens with zero attached hydrogens (tertiary/aromatic N) is 7. The number of fused-ring (bicyclic) bond motifs is 2. The summed E-state index contributed by atoms with van der Waals surface area (Å²) in [5.74, 6) is 2.63. The summed E-state index contributed by atoms with van der Waals surface area (Å²) >= 11 is 0. The van der Waals surface area contributed by atoms with E-state index in [2.05, 4.69) is 24.8 Å². The van der Waals surface area contributed by atoms with E-state index < -0.39 is 0 Å². The third-order valence-electron chi connectivity index (χ3n) is 5.30. The molecule has 128 valence electrons. The number of hydrogen-bond acceptors (Lipinski definition) is 5. The highest BCUT2D eigenvalue weighted by atomic mass is 16.2. The molecule has 25 heavy (non-hydrogen) atoms. The fourth-order valence-corrected chi connectivity index (χ4v) is 3.96. The Morgan fingerprint density at radius 1 is 1.16 bits per heavy atom. The van der Waals surface area contributed by atoms with Crippen molar-refractivity contribution in [2.24, 2.45) is 0 Å². The van der Waals surface area contributed by atoms with Crippen LogP contribution in [0.2, 0.25) is 0 Å². The molecule has 1 amide bonds. The highest BCUT2D eigenvalue weighted by molar-refractivity contribution is 5.99. The van der Waals surface area contributed by atoms with Crippen molar-refractivity contribution in [3.05, 3.63) is 41.9 Å². The number of aromatic nitrogens is 6. The van der Waals surface area contributed by atoms with Crippen molar-refractivity contribution >= 4 is 11.6 Å². The summed E-state index contributed by atoms with van der Waals surface area (Å²) in [5.41, 5.74) is 1.19. The Balaban J connectivity index is 1.32. The van der Waals surface area contributed by atoms with Crippen molar-refractivity contribution in [3.63, 3.8) is 0 Å². The molecule has 2 aliphatic heterocycles. The second-order valence-electron chi connectivity index (χ2n) is 6.74. The molecule has 2 aliphatic rings. The van der Waals surface area contributed by atoms with Gasteiger partial charge in [0.2, 0.25) is 0 Å². The second kappa shape index (κ2) is 5.65. The Labute approximate surface area is 144 Å². The van der Waals surface area contributed by atoms with E-state index in [4.69, 9.17) is 0 Å². The van der Waals surface area contributed by atoms with Crippen LogP contribution in [0.3, 0.4) is 0 Å². The Kier molecular flexibility index (Phi) is 3.29. The average molecular weight is 337 g/mol. The second-order valence-corrected chi connectivity index (χ2v) is 6.74. The van der Waals surface area contributed by atoms with Gasteiger partial charge in [0.1, 0.15) is 17.2 Å². The highest BCUT2D eigenvalue weighted by Crippen LogP contribution is 2.30. The molecular weight excluding hydrogens is 318 g/mol. The smallest absolute Gasteiger partial charge is 0.259 e. The predicted molar refractivity (Wildman–Crippen MR) is 89.2 cm³/mol. The number of aryl methyl sites for hydroxylation is 1. The lowest BCUT2D eigenvalue weighted by Gasteiger charge is -2.31. The Hall–Kier alpha value is -2.77. The van der Waals surface area contributed by atoms with Gasteiger partial charge in [-0.2, -0.15) is 5.10 Å². The minimum absolute atomic E-state index is 0.0126. The van der Waals surface area contributed by atoms with E-state index in [0.29, 0.717) is 17.1 Å². The van der Waals surface area contributed by atoms with Crippen LogP contribution in [0.1, 0.15) is 47.2 Å². The maximum Gasteiger partial charge on any atom is 0.259 e. The van der Waals surface area contributed by atoms with Gasteiger partial charge in [0.15, 0.2) is 5.65 Å². The van der Waals surface area contributed by atoms with E-state index in [9.17, 15) is 4.79 Å². The van der Waals surface area contributed by atoms with Crippen LogP contribution in [-0.2, 0) is 13.0 Å². The van der Waals surface area contributed by atoms with Gasteiger partial charge in [-0.25, -0.2) is 9.50 Å². The molecule has 1 saturated heterocycles. The Bertz CT molecular complexity index is 936. The van der Waals surface area contributed by atoms with Gasteiger partial charge < -0.3 is 9.47 Å². The zero-order valence-corrected chi connectivity index (χ0v) is 13.9. The van der Waals surface area contributed by atoms with E-state index in [1.54, 1.807) is 29.2 Å². The minimum Gasteiger partial charge on any atom is -0.338 e. The molecule has 0 radical (unpaired) electrons. The normalized spacial score (nSPS) is 18.0. The summed E-state index contributed by atoms with van der Waals surface area (Å²) in [6, 6.07) is 1.80. The van der Waals surface area contributed by atoms with Crippen LogP contribution >= 0.6 is 0 Å². The van der Waals surface area contributed by atoms with Crippen LogP contribution < -0.4 is 0 Å². The molecule has 3 aromatic rings. The van der Waals surface area contributed by atoms with Crippen molar-refractivity contribution in [2.75, 3.05) is 13.1 Å². The van der Waals surface area contributed by atoms with E-state index in [1.165, 1.54) is 0 Å². The molecule has 5 heterocycles. The lowest BCUT2D eigenvalue weighted by Crippen LogP contribution is -2.38. The van der Waals surface area contributed by atoms with Gasteiger partial charge in [-0.1, -0.05) is 0 Å². The molecule has 1 fully saturated rings. The molecule has 0 aromatic carbocycles. The topological polar surface area (TPSA) is 81.2 Å². The van der Waals surface area contributed by atoms with E-state index >= 15 is 0 Å². The van der Waals surface area contributed by atoms with Crippen molar-refractivity contribution in [1.82, 2.24) is 34.3 Å². The van der Waals surface area contributed by atoms with Crippen LogP contribution in [0, 0.1) is 0 Å². The first-order chi connectivity index (χ1) is 12.3. The molecule has 0 aliphatic carbocycles. The maximum absolute atomic E-state index is 12.9. The number of piperidine rings is 1. The summed E-state index contributed by atoms with van der Waals surface area (Å²) in [5, 5.41) is 12.9.